The number of hydrogen-bond donors (Lipinski definition) is 3. The van der Waals surface area contributed by atoms with E-state index in [0.29, 0.717) is 47.3 Å². The predicted molar refractivity (Wildman–Crippen MR) is 197 cm³/mol. The van der Waals surface area contributed by atoms with Gasteiger partial charge in [-0.3, -0.25) is 0 Å². The summed E-state index contributed by atoms with van der Waals surface area (Å²) in [5.41, 5.74) is 6.44. The fraction of sp³-hybridized carbons (Fsp3) is 0.595. The molecule has 5 aliphatic carbocycles. The smallest absolute Gasteiger partial charge is 0.122 e. The van der Waals surface area contributed by atoms with Crippen molar-refractivity contribution < 1.29 is 5.11 Å². The maximum absolute atomic E-state index is 11.8. The fourth-order valence-electron chi connectivity index (χ4n) is 8.59. The van der Waals surface area contributed by atoms with Crippen LogP contribution in [0.3, 0.4) is 0 Å². The van der Waals surface area contributed by atoms with Gasteiger partial charge < -0.3 is 20.7 Å². The Kier molecular flexibility index (Phi) is 11.5. The molecule has 9 unspecified atom stereocenters. The highest BCUT2D eigenvalue weighted by molar-refractivity contribution is 5.61. The van der Waals surface area contributed by atoms with Crippen LogP contribution < -0.4 is 10.6 Å². The molecule has 0 fully saturated rings. The molecule has 0 aromatic rings. The number of hydrogen-bond acceptors (Lipinski definition) is 4. The molecule has 0 aromatic carbocycles. The number of nitrogens with zero attached hydrogens (tertiary/aromatic N) is 1. The van der Waals surface area contributed by atoms with Gasteiger partial charge >= 0.3 is 0 Å². The van der Waals surface area contributed by atoms with E-state index in [9.17, 15) is 5.11 Å². The van der Waals surface area contributed by atoms with E-state index in [4.69, 9.17) is 0 Å². The van der Waals surface area contributed by atoms with Crippen molar-refractivity contribution in [3.63, 3.8) is 0 Å². The zero-order valence-corrected chi connectivity index (χ0v) is 29.7. The van der Waals surface area contributed by atoms with Crippen LogP contribution in [-0.2, 0) is 0 Å². The van der Waals surface area contributed by atoms with Crippen molar-refractivity contribution in [1.29, 1.82) is 0 Å². The number of aliphatic hydroxyl groups excluding tert-OH is 1. The van der Waals surface area contributed by atoms with E-state index in [0.717, 1.165) is 57.1 Å². The predicted octanol–water partition coefficient (Wildman–Crippen LogP) is 9.74. The highest BCUT2D eigenvalue weighted by Crippen LogP contribution is 2.45. The summed E-state index contributed by atoms with van der Waals surface area (Å²) in [5, 5.41) is 19.8. The van der Waals surface area contributed by atoms with E-state index in [1.54, 1.807) is 5.57 Å². The quantitative estimate of drug-likeness (QED) is 0.159. The third-order valence-electron chi connectivity index (χ3n) is 11.6. The first-order valence-electron chi connectivity index (χ1n) is 18.3. The highest BCUT2D eigenvalue weighted by Gasteiger charge is 2.39. The Morgan fingerprint density at radius 2 is 1.83 bits per heavy atom. The lowest BCUT2D eigenvalue weighted by atomic mass is 9.66. The molecule has 0 aliphatic heterocycles. The Bertz CT molecular complexity index is 1370. The average molecular weight is 624 g/mol. The number of aliphatic hydroxyl groups is 1. The van der Waals surface area contributed by atoms with Gasteiger partial charge in [0.2, 0.25) is 0 Å². The molecule has 46 heavy (non-hydrogen) atoms. The van der Waals surface area contributed by atoms with Crippen molar-refractivity contribution >= 4 is 6.21 Å². The van der Waals surface area contributed by atoms with Gasteiger partial charge in [-0.15, -0.1) is 0 Å². The second-order valence-electron chi connectivity index (χ2n) is 15.4. The molecule has 3 N–H and O–H groups in total. The molecular weight excluding hydrogens is 562 g/mol. The molecule has 0 aromatic heterocycles. The Morgan fingerprint density at radius 1 is 1.02 bits per heavy atom. The minimum atomic E-state index is 0.111. The van der Waals surface area contributed by atoms with Gasteiger partial charge in [0.25, 0.3) is 0 Å². The van der Waals surface area contributed by atoms with E-state index < -0.39 is 0 Å². The van der Waals surface area contributed by atoms with Crippen LogP contribution in [-0.4, -0.2) is 37.0 Å². The Hall–Kier alpha value is -2.85. The Morgan fingerprint density at radius 3 is 2.61 bits per heavy atom. The lowest BCUT2D eigenvalue weighted by Gasteiger charge is -2.44. The van der Waals surface area contributed by atoms with Gasteiger partial charge in [-0.2, -0.15) is 0 Å². The molecule has 250 valence electrons. The zero-order chi connectivity index (χ0) is 32.8. The fourth-order valence-corrected chi connectivity index (χ4v) is 8.59. The third-order valence-corrected chi connectivity index (χ3v) is 11.6. The minimum Gasteiger partial charge on any atom is -0.507 e. The van der Waals surface area contributed by atoms with Gasteiger partial charge in [-0.25, -0.2) is 0 Å². The molecule has 0 radical (unpaired) electrons. The van der Waals surface area contributed by atoms with Crippen molar-refractivity contribution in [2.45, 2.75) is 105 Å². The van der Waals surface area contributed by atoms with E-state index in [1.165, 1.54) is 23.3 Å². The summed E-state index contributed by atoms with van der Waals surface area (Å²) < 4.78 is 0. The van der Waals surface area contributed by atoms with Crippen molar-refractivity contribution in [3.8, 4) is 0 Å². The molecule has 5 aliphatic rings. The molecule has 5 rings (SSSR count). The molecule has 0 saturated heterocycles. The third kappa shape index (κ3) is 7.81. The minimum absolute atomic E-state index is 0.111. The monoisotopic (exact) mass is 623 g/mol. The van der Waals surface area contributed by atoms with Gasteiger partial charge in [0.15, 0.2) is 0 Å². The highest BCUT2D eigenvalue weighted by atomic mass is 16.3. The van der Waals surface area contributed by atoms with E-state index >= 15 is 0 Å². The van der Waals surface area contributed by atoms with Crippen LogP contribution in [0.1, 0.15) is 92.9 Å². The maximum atomic E-state index is 11.8. The lowest BCUT2D eigenvalue weighted by molar-refractivity contribution is 0.231. The van der Waals surface area contributed by atoms with Gasteiger partial charge in [-0.05, 0) is 86.5 Å². The molecule has 0 amide bonds. The number of rotatable bonds is 11. The van der Waals surface area contributed by atoms with E-state index in [-0.39, 0.29) is 11.5 Å². The molecule has 0 saturated carbocycles. The van der Waals surface area contributed by atoms with Crippen LogP contribution in [0.4, 0.5) is 0 Å². The van der Waals surface area contributed by atoms with Gasteiger partial charge in [0, 0.05) is 60.1 Å². The molecule has 4 nitrogen and oxygen atoms in total. The SMILES string of the molecule is C/N=C\C(C)C(CCNC1=C(C2=CCCC(C3CC(C)C=CC3C)=C2O)C=CC(C)C1)NC1C=CCCC1(C)C1=CC=CC(C)C1. The first-order valence-corrected chi connectivity index (χ1v) is 18.3. The second-order valence-corrected chi connectivity index (χ2v) is 15.4. The van der Waals surface area contributed by atoms with Crippen LogP contribution in [0.15, 0.2) is 99.5 Å². The van der Waals surface area contributed by atoms with Gasteiger partial charge in [0.05, 0.1) is 0 Å². The summed E-state index contributed by atoms with van der Waals surface area (Å²) >= 11 is 0. The summed E-state index contributed by atoms with van der Waals surface area (Å²) in [6, 6.07) is 0.585. The zero-order valence-electron chi connectivity index (χ0n) is 29.7. The molecule has 4 heteroatoms. The standard InChI is InChI=1S/C42H61N3O/c1-28-12-10-13-33(24-28)42(6)22-9-8-16-40(42)45-38(32(5)27-43-7)21-23-44-39-26-30(3)18-20-34(39)35-14-11-15-36(41(35)46)37-25-29(2)17-19-31(37)4/h8,10,12-14,16-20,27-32,37-38,40,44-46H,9,11,15,21-26H2,1-7H3/b43-27-. The Labute approximate surface area is 280 Å². The lowest BCUT2D eigenvalue weighted by Crippen LogP contribution is -2.52. The number of aliphatic imine (C=N–C) groups is 1. The van der Waals surface area contributed by atoms with E-state index in [1.807, 2.05) is 7.05 Å². The van der Waals surface area contributed by atoms with Gasteiger partial charge in [0.1, 0.15) is 5.76 Å². The maximum Gasteiger partial charge on any atom is 0.122 e. The van der Waals surface area contributed by atoms with Crippen LogP contribution in [0.2, 0.25) is 0 Å². The number of nitrogens with one attached hydrogen (secondary N) is 2. The largest absolute Gasteiger partial charge is 0.507 e. The molecule has 0 spiro atoms. The van der Waals surface area contributed by atoms with Crippen molar-refractivity contribution in [1.82, 2.24) is 10.6 Å². The van der Waals surface area contributed by atoms with E-state index in [2.05, 4.69) is 124 Å². The second kappa shape index (κ2) is 15.4. The number of allylic oxidation sites excluding steroid dienone is 12. The van der Waals surface area contributed by atoms with Crippen molar-refractivity contribution in [3.05, 3.63) is 94.5 Å². The molecule has 0 bridgehead atoms. The summed E-state index contributed by atoms with van der Waals surface area (Å²) in [7, 11) is 1.89. The van der Waals surface area contributed by atoms with Crippen molar-refractivity contribution in [2.75, 3.05) is 13.6 Å². The van der Waals surface area contributed by atoms with Gasteiger partial charge in [-0.1, -0.05) is 108 Å². The first kappa shape index (κ1) is 34.5. The molecule has 9 atom stereocenters. The topological polar surface area (TPSA) is 56.7 Å². The van der Waals surface area contributed by atoms with Crippen LogP contribution >= 0.6 is 0 Å². The summed E-state index contributed by atoms with van der Waals surface area (Å²) in [5.74, 6) is 3.37. The summed E-state index contributed by atoms with van der Waals surface area (Å²) in [4.78, 5) is 4.44. The van der Waals surface area contributed by atoms with Crippen LogP contribution in [0, 0.1) is 40.9 Å². The summed E-state index contributed by atoms with van der Waals surface area (Å²) in [6.45, 7) is 14.9. The average Bonchev–Trinajstić information content (AvgIpc) is 3.03. The Balaban J connectivity index is 1.34. The molecular formula is C42H61N3O. The normalized spacial score (nSPS) is 34.6. The van der Waals surface area contributed by atoms with Crippen LogP contribution in [0.25, 0.3) is 0 Å². The first-order chi connectivity index (χ1) is 22.1. The van der Waals surface area contributed by atoms with Crippen molar-refractivity contribution in [2.24, 2.45) is 45.9 Å². The molecule has 0 heterocycles. The van der Waals surface area contributed by atoms with Crippen LogP contribution in [0.5, 0.6) is 0 Å². The summed E-state index contributed by atoms with van der Waals surface area (Å²) in [6.07, 6.45) is 34.0.